The summed E-state index contributed by atoms with van der Waals surface area (Å²) in [6, 6.07) is 0. The van der Waals surface area contributed by atoms with Gasteiger partial charge in [-0.1, -0.05) is 0 Å². The zero-order valence-corrected chi connectivity index (χ0v) is 22.6. The van der Waals surface area contributed by atoms with Crippen LogP contribution in [-0.4, -0.2) is 92.3 Å². The Labute approximate surface area is 255 Å². The van der Waals surface area contributed by atoms with Crippen molar-refractivity contribution in [2.24, 2.45) is 0 Å². The van der Waals surface area contributed by atoms with Crippen LogP contribution in [0.2, 0.25) is 0 Å². The second-order valence-electron chi connectivity index (χ2n) is 8.59. The number of alkyl halides is 30. The fourth-order valence-electron chi connectivity index (χ4n) is 2.63. The molecular weight excluding hydrogens is 861 g/mol. The first kappa shape index (κ1) is 49.1. The van der Waals surface area contributed by atoms with Crippen LogP contribution in [0, 0.1) is 0 Å². The third kappa shape index (κ3) is 13.2. The summed E-state index contributed by atoms with van der Waals surface area (Å²) in [6.45, 7) is 0. The third-order valence-electron chi connectivity index (χ3n) is 4.36. The summed E-state index contributed by atoms with van der Waals surface area (Å²) >= 11 is 0. The molecule has 0 atom stereocenters. The summed E-state index contributed by atoms with van der Waals surface area (Å²) < 4.78 is 409. The predicted molar refractivity (Wildman–Crippen MR) is 91.8 cm³/mol. The van der Waals surface area contributed by atoms with Crippen molar-refractivity contribution in [2.45, 2.75) is 92.3 Å². The number of hydrogen-bond donors (Lipinski definition) is 0. The molecule has 36 heteroatoms. The summed E-state index contributed by atoms with van der Waals surface area (Å²) in [5, 5.41) is 0. The van der Waals surface area contributed by atoms with Gasteiger partial charge in [-0.05, 0) is 0 Å². The first-order valence-corrected chi connectivity index (χ1v) is 12.5. The first-order valence-electron chi connectivity index (χ1n) is 10.6. The van der Waals surface area contributed by atoms with Gasteiger partial charge in [-0.2, -0.15) is 0 Å². The van der Waals surface area contributed by atoms with Crippen LogP contribution in [0.5, 0.6) is 0 Å². The second-order valence-corrected chi connectivity index (χ2v) is 11.1. The van der Waals surface area contributed by atoms with Crippen molar-refractivity contribution >= 4 is 7.74 Å². The summed E-state index contributed by atoms with van der Waals surface area (Å²) in [5.74, 6) is 0. The average Bonchev–Trinajstić information content (AvgIpc) is 2.75. The van der Waals surface area contributed by atoms with E-state index in [1.54, 1.807) is 0 Å². The van der Waals surface area contributed by atoms with Crippen LogP contribution in [0.3, 0.4) is 0 Å². The normalized spacial score (nSPS) is 17.0. The fourth-order valence-corrected chi connectivity index (χ4v) is 6.05. The van der Waals surface area contributed by atoms with Gasteiger partial charge in [-0.15, -0.1) is 0 Å². The Kier molecular flexibility index (Phi) is 13.3. The van der Waals surface area contributed by atoms with Gasteiger partial charge in [-0.25, -0.2) is 0 Å². The summed E-state index contributed by atoms with van der Waals surface area (Å²) in [6.07, 6.45) is -119. The molecule has 0 aliphatic carbocycles. The van der Waals surface area contributed by atoms with Gasteiger partial charge in [0.1, 0.15) is 0 Å². The molecule has 5 nitrogen and oxygen atoms in total. The average molecular weight is 866 g/mol. The van der Waals surface area contributed by atoms with E-state index in [4.69, 9.17) is 0 Å². The number of rotatable bonds is 10. The van der Waals surface area contributed by atoms with Crippen LogP contribution in [-0.2, 0) is 22.6 Å². The van der Waals surface area contributed by atoms with E-state index in [2.05, 4.69) is 0 Å². The van der Waals surface area contributed by atoms with Crippen LogP contribution in [0.4, 0.5) is 132 Å². The van der Waals surface area contributed by atoms with E-state index in [1.807, 2.05) is 22.6 Å². The van der Waals surface area contributed by atoms with Gasteiger partial charge in [0.05, 0.1) is 0 Å². The van der Waals surface area contributed by atoms with E-state index in [0.717, 1.165) is 0 Å². The molecule has 0 amide bonds. The molecule has 0 aliphatic rings. The Bertz CT molecular complexity index is 856. The summed E-state index contributed by atoms with van der Waals surface area (Å²) in [5.41, 5.74) is 0. The maximum absolute atomic E-state index is 13.3. The Morgan fingerprint density at radius 2 is 0.275 bits per heavy atom. The Hall–Kier alpha value is -1.87. The summed E-state index contributed by atoms with van der Waals surface area (Å²) in [7, 11) is -12.5. The molecule has 0 bridgehead atoms. The quantitative estimate of drug-likeness (QED) is 0.162. The fraction of sp³-hybridized carbons (Fsp3) is 1.00. The minimum absolute atomic E-state index is 1.83. The Morgan fingerprint density at radius 1 is 0.196 bits per heavy atom. The second kappa shape index (κ2) is 13.8. The van der Waals surface area contributed by atoms with E-state index >= 15 is 0 Å². The number of halogens is 30. The zero-order valence-electron chi connectivity index (χ0n) is 21.7. The van der Waals surface area contributed by atoms with Crippen molar-refractivity contribution in [3.8, 4) is 0 Å². The summed E-state index contributed by atoms with van der Waals surface area (Å²) in [4.78, 5) is 0. The molecule has 310 valence electrons. The van der Waals surface area contributed by atoms with Crippen LogP contribution >= 0.6 is 7.74 Å². The molecule has 0 aromatic carbocycles. The Morgan fingerprint density at radius 3 is 0.333 bits per heavy atom. The van der Waals surface area contributed by atoms with Gasteiger partial charge in [0.15, 0.2) is 0 Å². The topological polar surface area (TPSA) is 46.2 Å². The van der Waals surface area contributed by atoms with Crippen molar-refractivity contribution in [3.63, 3.8) is 0 Å². The van der Waals surface area contributed by atoms with E-state index in [0.29, 0.717) is 0 Å². The van der Waals surface area contributed by atoms with Crippen molar-refractivity contribution < 1.29 is 154 Å². The first-order chi connectivity index (χ1) is 21.5. The van der Waals surface area contributed by atoms with Crippen LogP contribution < -0.4 is 0 Å². The van der Waals surface area contributed by atoms with Gasteiger partial charge >= 0.3 is 254 Å². The van der Waals surface area contributed by atoms with Crippen molar-refractivity contribution in [2.75, 3.05) is 0 Å². The van der Waals surface area contributed by atoms with Crippen LogP contribution in [0.15, 0.2) is 0 Å². The SMILES string of the molecule is FC(F)(F)C(OP(OC(C(F)(F)F)C(F)(F)F)(OC(C(F)(F)F)C(F)(F)F)(OC(C(F)(F)F)C(F)(F)F)OC(C(F)(F)F)C(F)(F)F)C(F)(F)F. The standard InChI is InChI=1S/C15H5F30O5P/c16-6(17,18)1(7(19,20)21)46-51(47-2(8(22,23)24)9(25,26)27,48-3(10(28,29)30)11(31,32)33,49-4(12(34,35)36)13(37,38)39)50-5(14(40,41)42)15(43,44)45/h1-5H. The van der Waals surface area contributed by atoms with Crippen LogP contribution in [0.25, 0.3) is 0 Å². The van der Waals surface area contributed by atoms with Crippen molar-refractivity contribution in [3.05, 3.63) is 0 Å². The van der Waals surface area contributed by atoms with E-state index in [-0.39, 0.29) is 0 Å². The minimum atomic E-state index is -12.5. The molecule has 0 saturated carbocycles. The molecule has 0 aromatic rings. The van der Waals surface area contributed by atoms with Gasteiger partial charge in [-0.3, -0.25) is 0 Å². The molecule has 0 radical (unpaired) electrons. The van der Waals surface area contributed by atoms with Crippen molar-refractivity contribution in [1.29, 1.82) is 0 Å². The molecular formula is C15H5F30O5P. The van der Waals surface area contributed by atoms with E-state index in [9.17, 15) is 132 Å². The molecule has 0 N–H and O–H groups in total. The molecule has 0 aliphatic heterocycles. The van der Waals surface area contributed by atoms with Crippen molar-refractivity contribution in [1.82, 2.24) is 0 Å². The van der Waals surface area contributed by atoms with Crippen LogP contribution in [0.1, 0.15) is 0 Å². The van der Waals surface area contributed by atoms with Gasteiger partial charge in [0, 0.05) is 0 Å². The molecule has 0 heterocycles. The predicted octanol–water partition coefficient (Wildman–Crippen LogP) is 10.7. The molecule has 51 heavy (non-hydrogen) atoms. The van der Waals surface area contributed by atoms with Gasteiger partial charge in [0.25, 0.3) is 0 Å². The third-order valence-corrected chi connectivity index (χ3v) is 7.14. The molecule has 0 saturated heterocycles. The van der Waals surface area contributed by atoms with Gasteiger partial charge < -0.3 is 0 Å². The molecule has 0 unspecified atom stereocenters. The Balaban J connectivity index is 9.65. The van der Waals surface area contributed by atoms with E-state index < -0.39 is 100 Å². The molecule has 0 fully saturated rings. The monoisotopic (exact) mass is 866 g/mol. The van der Waals surface area contributed by atoms with E-state index in [1.165, 1.54) is 0 Å². The van der Waals surface area contributed by atoms with Gasteiger partial charge in [0.2, 0.25) is 0 Å². The molecule has 0 rings (SSSR count). The number of hydrogen-bond acceptors (Lipinski definition) is 5. The molecule has 0 aromatic heterocycles. The molecule has 0 spiro atoms. The maximum atomic E-state index is 13.3. The zero-order chi connectivity index (χ0) is 41.9.